The molecule has 1 heterocycles. The Bertz CT molecular complexity index is 825. The first kappa shape index (κ1) is 22.0. The molecule has 2 amide bonds. The number of benzene rings is 2. The molecule has 5 heteroatoms. The van der Waals surface area contributed by atoms with Crippen LogP contribution in [0.25, 0.3) is 0 Å². The highest BCUT2D eigenvalue weighted by molar-refractivity contribution is 5.94. The summed E-state index contributed by atoms with van der Waals surface area (Å²) in [6.07, 6.45) is 1.07. The lowest BCUT2D eigenvalue weighted by molar-refractivity contribution is -0.123. The van der Waals surface area contributed by atoms with Crippen molar-refractivity contribution in [1.82, 2.24) is 15.1 Å². The number of carbonyl (C=O) groups is 2. The third-order valence-corrected chi connectivity index (χ3v) is 5.55. The molecule has 0 spiro atoms. The van der Waals surface area contributed by atoms with E-state index in [0.29, 0.717) is 38.6 Å². The SMILES string of the molecule is CC(C)Cc1ccc(C(C)NC(=O)CN2CCN(C(=O)c3ccccc3)CC2)cc1. The van der Waals surface area contributed by atoms with Gasteiger partial charge in [-0.2, -0.15) is 0 Å². The van der Waals surface area contributed by atoms with Crippen LogP contribution in [0.4, 0.5) is 0 Å². The molecule has 0 bridgehead atoms. The summed E-state index contributed by atoms with van der Waals surface area (Å²) in [5.41, 5.74) is 3.17. The van der Waals surface area contributed by atoms with E-state index >= 15 is 0 Å². The molecule has 0 saturated carbocycles. The molecule has 0 aromatic heterocycles. The van der Waals surface area contributed by atoms with Crippen LogP contribution >= 0.6 is 0 Å². The number of amides is 2. The number of hydrogen-bond acceptors (Lipinski definition) is 3. The summed E-state index contributed by atoms with van der Waals surface area (Å²) in [4.78, 5) is 29.0. The molecule has 1 unspecified atom stereocenters. The quantitative estimate of drug-likeness (QED) is 0.764. The molecule has 160 valence electrons. The minimum atomic E-state index is -0.0217. The lowest BCUT2D eigenvalue weighted by Gasteiger charge is -2.34. The molecular formula is C25H33N3O2. The van der Waals surface area contributed by atoms with Crippen molar-refractivity contribution in [3.63, 3.8) is 0 Å². The maximum Gasteiger partial charge on any atom is 0.253 e. The smallest absolute Gasteiger partial charge is 0.253 e. The topological polar surface area (TPSA) is 52.7 Å². The zero-order valence-corrected chi connectivity index (χ0v) is 18.3. The summed E-state index contributed by atoms with van der Waals surface area (Å²) in [6.45, 7) is 9.54. The molecule has 1 N–H and O–H groups in total. The maximum atomic E-state index is 12.5. The molecule has 5 nitrogen and oxygen atoms in total. The summed E-state index contributed by atoms with van der Waals surface area (Å²) in [6, 6.07) is 17.9. The molecule has 2 aromatic carbocycles. The second-order valence-electron chi connectivity index (χ2n) is 8.56. The van der Waals surface area contributed by atoms with E-state index in [4.69, 9.17) is 0 Å². The summed E-state index contributed by atoms with van der Waals surface area (Å²) in [7, 11) is 0. The van der Waals surface area contributed by atoms with Crippen LogP contribution in [-0.2, 0) is 11.2 Å². The standard InChI is InChI=1S/C25H33N3O2/c1-19(2)17-21-9-11-22(12-10-21)20(3)26-24(29)18-27-13-15-28(16-14-27)25(30)23-7-5-4-6-8-23/h4-12,19-20H,13-18H2,1-3H3,(H,26,29). The molecule has 1 aliphatic rings. The first-order valence-corrected chi connectivity index (χ1v) is 10.9. The third-order valence-electron chi connectivity index (χ3n) is 5.55. The van der Waals surface area contributed by atoms with Gasteiger partial charge in [-0.25, -0.2) is 0 Å². The Morgan fingerprint density at radius 2 is 1.53 bits per heavy atom. The van der Waals surface area contributed by atoms with Gasteiger partial charge in [0.05, 0.1) is 12.6 Å². The fraction of sp³-hybridized carbons (Fsp3) is 0.440. The number of carbonyl (C=O) groups excluding carboxylic acids is 2. The first-order chi connectivity index (χ1) is 14.4. The number of rotatable bonds is 7. The summed E-state index contributed by atoms with van der Waals surface area (Å²) in [5, 5.41) is 3.10. The van der Waals surface area contributed by atoms with Crippen molar-refractivity contribution in [2.75, 3.05) is 32.7 Å². The van der Waals surface area contributed by atoms with Gasteiger partial charge in [0.2, 0.25) is 5.91 Å². The molecule has 1 saturated heterocycles. The third kappa shape index (κ3) is 6.17. The zero-order chi connectivity index (χ0) is 21.5. The van der Waals surface area contributed by atoms with Crippen molar-refractivity contribution in [2.45, 2.75) is 33.2 Å². The van der Waals surface area contributed by atoms with Gasteiger partial charge in [-0.15, -0.1) is 0 Å². The van der Waals surface area contributed by atoms with Gasteiger partial charge in [-0.1, -0.05) is 56.3 Å². The zero-order valence-electron chi connectivity index (χ0n) is 18.3. The van der Waals surface area contributed by atoms with Gasteiger partial charge in [0.15, 0.2) is 0 Å². The molecule has 0 radical (unpaired) electrons. The average Bonchev–Trinajstić information content (AvgIpc) is 2.74. The Labute approximate surface area is 180 Å². The highest BCUT2D eigenvalue weighted by Gasteiger charge is 2.23. The van der Waals surface area contributed by atoms with Crippen LogP contribution in [-0.4, -0.2) is 54.3 Å². The van der Waals surface area contributed by atoms with E-state index in [0.717, 1.165) is 17.5 Å². The Hall–Kier alpha value is -2.66. The highest BCUT2D eigenvalue weighted by Crippen LogP contribution is 2.16. The Morgan fingerprint density at radius 1 is 0.900 bits per heavy atom. The number of piperazine rings is 1. The van der Waals surface area contributed by atoms with Crippen LogP contribution < -0.4 is 5.32 Å². The van der Waals surface area contributed by atoms with E-state index in [1.165, 1.54) is 5.56 Å². The van der Waals surface area contributed by atoms with E-state index in [1.807, 2.05) is 42.2 Å². The summed E-state index contributed by atoms with van der Waals surface area (Å²) in [5.74, 6) is 0.724. The molecule has 1 fully saturated rings. The van der Waals surface area contributed by atoms with Crippen LogP contribution in [0.1, 0.15) is 48.3 Å². The van der Waals surface area contributed by atoms with Gasteiger partial charge < -0.3 is 10.2 Å². The molecule has 1 atom stereocenters. The lowest BCUT2D eigenvalue weighted by atomic mass is 10.00. The molecule has 3 rings (SSSR count). The molecule has 0 aliphatic carbocycles. The van der Waals surface area contributed by atoms with E-state index in [1.54, 1.807) is 0 Å². The Balaban J connectivity index is 1.44. The number of nitrogens with one attached hydrogen (secondary N) is 1. The van der Waals surface area contributed by atoms with Crippen LogP contribution in [0.5, 0.6) is 0 Å². The second kappa shape index (κ2) is 10.4. The van der Waals surface area contributed by atoms with Crippen molar-refractivity contribution in [1.29, 1.82) is 0 Å². The van der Waals surface area contributed by atoms with Crippen molar-refractivity contribution in [3.05, 3.63) is 71.3 Å². The van der Waals surface area contributed by atoms with Crippen molar-refractivity contribution in [2.24, 2.45) is 5.92 Å². The van der Waals surface area contributed by atoms with E-state index in [9.17, 15) is 9.59 Å². The predicted octanol–water partition coefficient (Wildman–Crippen LogP) is 3.52. The predicted molar refractivity (Wildman–Crippen MR) is 120 cm³/mol. The Kier molecular flexibility index (Phi) is 7.63. The molecule has 2 aromatic rings. The van der Waals surface area contributed by atoms with Crippen molar-refractivity contribution < 1.29 is 9.59 Å². The van der Waals surface area contributed by atoms with Gasteiger partial charge in [-0.3, -0.25) is 14.5 Å². The minimum Gasteiger partial charge on any atom is -0.348 e. The Morgan fingerprint density at radius 3 is 2.13 bits per heavy atom. The van der Waals surface area contributed by atoms with Gasteiger partial charge in [0.25, 0.3) is 5.91 Å². The second-order valence-corrected chi connectivity index (χ2v) is 8.56. The normalized spacial score (nSPS) is 15.8. The lowest BCUT2D eigenvalue weighted by Crippen LogP contribution is -2.51. The first-order valence-electron chi connectivity index (χ1n) is 10.9. The van der Waals surface area contributed by atoms with Gasteiger partial charge in [0.1, 0.15) is 0 Å². The molecule has 1 aliphatic heterocycles. The average molecular weight is 408 g/mol. The number of hydrogen-bond donors (Lipinski definition) is 1. The van der Waals surface area contributed by atoms with Crippen LogP contribution in [0.15, 0.2) is 54.6 Å². The fourth-order valence-electron chi connectivity index (χ4n) is 3.86. The van der Waals surface area contributed by atoms with Crippen LogP contribution in [0, 0.1) is 5.92 Å². The van der Waals surface area contributed by atoms with Crippen LogP contribution in [0.2, 0.25) is 0 Å². The highest BCUT2D eigenvalue weighted by atomic mass is 16.2. The summed E-state index contributed by atoms with van der Waals surface area (Å²) < 4.78 is 0. The molecule has 30 heavy (non-hydrogen) atoms. The summed E-state index contributed by atoms with van der Waals surface area (Å²) >= 11 is 0. The van der Waals surface area contributed by atoms with E-state index < -0.39 is 0 Å². The van der Waals surface area contributed by atoms with Gasteiger partial charge in [0, 0.05) is 31.7 Å². The molecular weight excluding hydrogens is 374 g/mol. The largest absolute Gasteiger partial charge is 0.348 e. The monoisotopic (exact) mass is 407 g/mol. The maximum absolute atomic E-state index is 12.5. The van der Waals surface area contributed by atoms with Crippen molar-refractivity contribution >= 4 is 11.8 Å². The van der Waals surface area contributed by atoms with Crippen molar-refractivity contribution in [3.8, 4) is 0 Å². The minimum absolute atomic E-state index is 0.0217. The van der Waals surface area contributed by atoms with Gasteiger partial charge in [-0.05, 0) is 42.5 Å². The number of nitrogens with zero attached hydrogens (tertiary/aromatic N) is 2. The fourth-order valence-corrected chi connectivity index (χ4v) is 3.86. The van der Waals surface area contributed by atoms with E-state index in [-0.39, 0.29) is 17.9 Å². The van der Waals surface area contributed by atoms with E-state index in [2.05, 4.69) is 48.3 Å². The van der Waals surface area contributed by atoms with Gasteiger partial charge >= 0.3 is 0 Å². The van der Waals surface area contributed by atoms with Crippen LogP contribution in [0.3, 0.4) is 0 Å².